The molecular formula is C13H21N3O. The zero-order valence-electron chi connectivity index (χ0n) is 10.4. The van der Waals surface area contributed by atoms with E-state index < -0.39 is 5.60 Å². The van der Waals surface area contributed by atoms with Crippen LogP contribution < -0.4 is 11.1 Å². The number of nitrogens with two attached hydrogens (primary N) is 1. The average Bonchev–Trinajstić information content (AvgIpc) is 2.32. The summed E-state index contributed by atoms with van der Waals surface area (Å²) in [5, 5.41) is 13.5. The third kappa shape index (κ3) is 3.09. The van der Waals surface area contributed by atoms with Gasteiger partial charge in [0.2, 0.25) is 0 Å². The minimum absolute atomic E-state index is 0.560. The van der Waals surface area contributed by atoms with Gasteiger partial charge in [-0.1, -0.05) is 19.3 Å². The van der Waals surface area contributed by atoms with Crippen molar-refractivity contribution in [2.24, 2.45) is 0 Å². The van der Waals surface area contributed by atoms with Crippen LogP contribution in [0.25, 0.3) is 0 Å². The first kappa shape index (κ1) is 12.2. The average molecular weight is 235 g/mol. The second kappa shape index (κ2) is 4.92. The molecular weight excluding hydrogens is 214 g/mol. The summed E-state index contributed by atoms with van der Waals surface area (Å²) in [5.41, 5.74) is 6.68. The lowest BCUT2D eigenvalue weighted by Crippen LogP contribution is -2.38. The van der Waals surface area contributed by atoms with Crippen molar-refractivity contribution in [2.75, 3.05) is 17.6 Å². The summed E-state index contributed by atoms with van der Waals surface area (Å²) in [5.74, 6) is 0.788. The van der Waals surface area contributed by atoms with E-state index in [1.54, 1.807) is 0 Å². The second-order valence-corrected chi connectivity index (χ2v) is 5.01. The van der Waals surface area contributed by atoms with Crippen molar-refractivity contribution in [3.63, 3.8) is 0 Å². The van der Waals surface area contributed by atoms with E-state index in [1.807, 2.05) is 19.1 Å². The van der Waals surface area contributed by atoms with Crippen molar-refractivity contribution in [1.82, 2.24) is 4.98 Å². The molecule has 1 fully saturated rings. The predicted octanol–water partition coefficient (Wildman–Crippen LogP) is 2.08. The van der Waals surface area contributed by atoms with E-state index in [1.165, 1.54) is 6.42 Å². The van der Waals surface area contributed by atoms with E-state index in [0.29, 0.717) is 12.2 Å². The van der Waals surface area contributed by atoms with Crippen LogP contribution in [0.15, 0.2) is 12.1 Å². The van der Waals surface area contributed by atoms with Crippen molar-refractivity contribution >= 4 is 11.5 Å². The van der Waals surface area contributed by atoms with Gasteiger partial charge in [-0.2, -0.15) is 0 Å². The fraction of sp³-hybridized carbons (Fsp3) is 0.615. The van der Waals surface area contributed by atoms with Crippen molar-refractivity contribution in [3.8, 4) is 0 Å². The molecule has 0 bridgehead atoms. The van der Waals surface area contributed by atoms with Gasteiger partial charge in [0.15, 0.2) is 0 Å². The van der Waals surface area contributed by atoms with E-state index >= 15 is 0 Å². The van der Waals surface area contributed by atoms with E-state index in [4.69, 9.17) is 5.73 Å². The van der Waals surface area contributed by atoms with Crippen LogP contribution in [0.2, 0.25) is 0 Å². The maximum Gasteiger partial charge on any atom is 0.126 e. The molecule has 1 aromatic heterocycles. The Balaban J connectivity index is 1.94. The highest BCUT2D eigenvalue weighted by molar-refractivity contribution is 5.49. The monoisotopic (exact) mass is 235 g/mol. The third-order valence-corrected chi connectivity index (χ3v) is 3.51. The largest absolute Gasteiger partial charge is 0.397 e. The van der Waals surface area contributed by atoms with Gasteiger partial charge < -0.3 is 16.2 Å². The third-order valence-electron chi connectivity index (χ3n) is 3.51. The number of hydrogen-bond donors (Lipinski definition) is 3. The summed E-state index contributed by atoms with van der Waals surface area (Å²) in [6.07, 6.45) is 5.24. The molecule has 4 nitrogen and oxygen atoms in total. The Morgan fingerprint density at radius 1 is 1.35 bits per heavy atom. The molecule has 0 saturated heterocycles. The zero-order valence-corrected chi connectivity index (χ0v) is 10.4. The normalized spacial score (nSPS) is 18.9. The predicted molar refractivity (Wildman–Crippen MR) is 69.9 cm³/mol. The summed E-state index contributed by atoms with van der Waals surface area (Å²) in [6.45, 7) is 2.46. The van der Waals surface area contributed by atoms with Crippen molar-refractivity contribution in [2.45, 2.75) is 44.6 Å². The van der Waals surface area contributed by atoms with Gasteiger partial charge in [0.1, 0.15) is 5.82 Å². The zero-order chi connectivity index (χ0) is 12.3. The molecule has 0 unspecified atom stereocenters. The molecule has 4 heteroatoms. The highest BCUT2D eigenvalue weighted by Crippen LogP contribution is 2.28. The summed E-state index contributed by atoms with van der Waals surface area (Å²) in [4.78, 5) is 4.34. The molecule has 1 aliphatic carbocycles. The van der Waals surface area contributed by atoms with Gasteiger partial charge >= 0.3 is 0 Å². The number of aryl methyl sites for hydroxylation is 1. The number of pyridine rings is 1. The van der Waals surface area contributed by atoms with Crippen LogP contribution >= 0.6 is 0 Å². The number of nitrogens with one attached hydrogen (secondary N) is 1. The fourth-order valence-corrected chi connectivity index (χ4v) is 2.31. The van der Waals surface area contributed by atoms with Gasteiger partial charge in [0.25, 0.3) is 0 Å². The van der Waals surface area contributed by atoms with Crippen LogP contribution in [0.1, 0.15) is 37.8 Å². The Kier molecular flexibility index (Phi) is 3.52. The first-order chi connectivity index (χ1) is 8.09. The van der Waals surface area contributed by atoms with Gasteiger partial charge in [0, 0.05) is 6.54 Å². The highest BCUT2D eigenvalue weighted by Gasteiger charge is 2.28. The molecule has 94 valence electrons. The number of aliphatic hydroxyl groups is 1. The van der Waals surface area contributed by atoms with Gasteiger partial charge in [-0.05, 0) is 31.9 Å². The number of nitrogens with zero attached hydrogens (tertiary/aromatic N) is 1. The highest BCUT2D eigenvalue weighted by atomic mass is 16.3. The molecule has 1 heterocycles. The number of hydrogen-bond acceptors (Lipinski definition) is 4. The Bertz CT molecular complexity index is 386. The second-order valence-electron chi connectivity index (χ2n) is 5.01. The Hall–Kier alpha value is -1.29. The van der Waals surface area contributed by atoms with E-state index in [9.17, 15) is 5.11 Å². The molecule has 0 amide bonds. The lowest BCUT2D eigenvalue weighted by molar-refractivity contribution is 0.0166. The molecule has 17 heavy (non-hydrogen) atoms. The molecule has 4 N–H and O–H groups in total. The maximum absolute atomic E-state index is 10.3. The minimum atomic E-state index is -0.560. The van der Waals surface area contributed by atoms with Crippen LogP contribution in [0, 0.1) is 6.92 Å². The van der Waals surface area contributed by atoms with E-state index in [2.05, 4.69) is 10.3 Å². The van der Waals surface area contributed by atoms with Crippen molar-refractivity contribution in [1.29, 1.82) is 0 Å². The molecule has 1 saturated carbocycles. The standard InChI is InChI=1S/C13H21N3O/c1-10-11(14)5-6-12(16-10)15-9-13(17)7-3-2-4-8-13/h5-6,17H,2-4,7-9,14H2,1H3,(H,15,16). The fourth-order valence-electron chi connectivity index (χ4n) is 2.31. The van der Waals surface area contributed by atoms with Crippen LogP contribution in [0.3, 0.4) is 0 Å². The quantitative estimate of drug-likeness (QED) is 0.750. The van der Waals surface area contributed by atoms with Gasteiger partial charge in [0.05, 0.1) is 17.0 Å². The molecule has 1 aromatic rings. The number of aromatic nitrogens is 1. The van der Waals surface area contributed by atoms with Gasteiger partial charge in [-0.15, -0.1) is 0 Å². The number of nitrogen functional groups attached to an aromatic ring is 1. The first-order valence-corrected chi connectivity index (χ1v) is 6.28. The van der Waals surface area contributed by atoms with Crippen LogP contribution in [0.4, 0.5) is 11.5 Å². The molecule has 2 rings (SSSR count). The van der Waals surface area contributed by atoms with E-state index in [0.717, 1.165) is 37.2 Å². The smallest absolute Gasteiger partial charge is 0.126 e. The SMILES string of the molecule is Cc1nc(NCC2(O)CCCCC2)ccc1N. The maximum atomic E-state index is 10.3. The first-order valence-electron chi connectivity index (χ1n) is 6.28. The van der Waals surface area contributed by atoms with Crippen molar-refractivity contribution in [3.05, 3.63) is 17.8 Å². The molecule has 1 aliphatic rings. The summed E-state index contributed by atoms with van der Waals surface area (Å²) in [6, 6.07) is 3.70. The van der Waals surface area contributed by atoms with Crippen LogP contribution in [-0.2, 0) is 0 Å². The summed E-state index contributed by atoms with van der Waals surface area (Å²) < 4.78 is 0. The Morgan fingerprint density at radius 3 is 2.71 bits per heavy atom. The lowest BCUT2D eigenvalue weighted by atomic mass is 9.85. The molecule has 0 aromatic carbocycles. The van der Waals surface area contributed by atoms with Gasteiger partial charge in [-0.25, -0.2) is 4.98 Å². The number of rotatable bonds is 3. The lowest BCUT2D eigenvalue weighted by Gasteiger charge is -2.32. The molecule has 0 spiro atoms. The molecule has 0 atom stereocenters. The topological polar surface area (TPSA) is 71.2 Å². The van der Waals surface area contributed by atoms with Gasteiger partial charge in [-0.3, -0.25) is 0 Å². The van der Waals surface area contributed by atoms with Crippen LogP contribution in [0.5, 0.6) is 0 Å². The van der Waals surface area contributed by atoms with Crippen molar-refractivity contribution < 1.29 is 5.11 Å². The number of anilines is 2. The minimum Gasteiger partial charge on any atom is -0.397 e. The van der Waals surface area contributed by atoms with Crippen LogP contribution in [-0.4, -0.2) is 22.2 Å². The molecule has 0 radical (unpaired) electrons. The van der Waals surface area contributed by atoms with E-state index in [-0.39, 0.29) is 0 Å². The summed E-state index contributed by atoms with van der Waals surface area (Å²) >= 11 is 0. The Morgan fingerprint density at radius 2 is 2.06 bits per heavy atom. The summed E-state index contributed by atoms with van der Waals surface area (Å²) in [7, 11) is 0. The molecule has 0 aliphatic heterocycles. The Labute approximate surface area is 102 Å².